The maximum Gasteiger partial charge on any atom is 0.224 e. The van der Waals surface area contributed by atoms with Crippen molar-refractivity contribution in [3.05, 3.63) is 0 Å². The molecule has 0 bridgehead atoms. The van der Waals surface area contributed by atoms with Crippen molar-refractivity contribution in [3.8, 4) is 0 Å². The lowest BCUT2D eigenvalue weighted by molar-refractivity contribution is -0.126. The first-order chi connectivity index (χ1) is 7.72. The molecule has 4 nitrogen and oxygen atoms in total. The zero-order valence-electron chi connectivity index (χ0n) is 9.91. The molecule has 1 heterocycles. The molecule has 4 heteroatoms. The fraction of sp³-hybridized carbons (Fsp3) is 0.917. The van der Waals surface area contributed by atoms with Gasteiger partial charge in [-0.15, -0.1) is 0 Å². The Balaban J connectivity index is 1.86. The summed E-state index contributed by atoms with van der Waals surface area (Å²) in [5.41, 5.74) is 0. The molecule has 3 N–H and O–H groups in total. The van der Waals surface area contributed by atoms with Gasteiger partial charge in [-0.3, -0.25) is 4.79 Å². The zero-order valence-corrected chi connectivity index (χ0v) is 9.91. The van der Waals surface area contributed by atoms with E-state index >= 15 is 0 Å². The molecule has 1 aliphatic heterocycles. The van der Waals surface area contributed by atoms with Crippen LogP contribution in [0.3, 0.4) is 0 Å². The molecule has 4 atom stereocenters. The van der Waals surface area contributed by atoms with Crippen molar-refractivity contribution in [1.29, 1.82) is 0 Å². The highest BCUT2D eigenvalue weighted by atomic mass is 16.3. The van der Waals surface area contributed by atoms with Crippen LogP contribution in [0, 0.1) is 17.8 Å². The number of rotatable bonds is 3. The Labute approximate surface area is 96.8 Å². The Morgan fingerprint density at radius 3 is 2.88 bits per heavy atom. The lowest BCUT2D eigenvalue weighted by Crippen LogP contribution is -2.43. The van der Waals surface area contributed by atoms with E-state index in [4.69, 9.17) is 0 Å². The van der Waals surface area contributed by atoms with Gasteiger partial charge in [0.1, 0.15) is 0 Å². The van der Waals surface area contributed by atoms with Crippen LogP contribution >= 0.6 is 0 Å². The standard InChI is InChI=1S/C12H22N2O2/c1-8-5-13-6-10(8)12(16)14-11-4-2-3-9(11)7-15/h8-11,13,15H,2-7H2,1H3,(H,14,16)/t8-,9?,10-,11?/m1/s1. The largest absolute Gasteiger partial charge is 0.396 e. The van der Waals surface area contributed by atoms with Gasteiger partial charge in [-0.1, -0.05) is 13.3 Å². The SMILES string of the molecule is C[C@@H]1CNC[C@H]1C(=O)NC1CCCC1CO. The van der Waals surface area contributed by atoms with Crippen molar-refractivity contribution in [3.63, 3.8) is 0 Å². The molecule has 0 aromatic heterocycles. The predicted molar refractivity (Wildman–Crippen MR) is 61.9 cm³/mol. The number of carbonyl (C=O) groups is 1. The Morgan fingerprint density at radius 1 is 1.44 bits per heavy atom. The summed E-state index contributed by atoms with van der Waals surface area (Å²) in [7, 11) is 0. The van der Waals surface area contributed by atoms with E-state index in [0.29, 0.717) is 5.92 Å². The third-order valence-corrected chi connectivity index (χ3v) is 4.08. The number of hydrogen-bond donors (Lipinski definition) is 3. The molecule has 2 aliphatic rings. The topological polar surface area (TPSA) is 61.4 Å². The van der Waals surface area contributed by atoms with E-state index < -0.39 is 0 Å². The smallest absolute Gasteiger partial charge is 0.224 e. The summed E-state index contributed by atoms with van der Waals surface area (Å²) >= 11 is 0. The van der Waals surface area contributed by atoms with Gasteiger partial charge in [0.05, 0.1) is 5.92 Å². The Hall–Kier alpha value is -0.610. The summed E-state index contributed by atoms with van der Waals surface area (Å²) in [4.78, 5) is 12.0. The number of hydrogen-bond acceptors (Lipinski definition) is 3. The van der Waals surface area contributed by atoms with E-state index in [1.165, 1.54) is 0 Å². The zero-order chi connectivity index (χ0) is 11.5. The van der Waals surface area contributed by atoms with Crippen molar-refractivity contribution >= 4 is 5.91 Å². The molecule has 92 valence electrons. The van der Waals surface area contributed by atoms with Gasteiger partial charge in [-0.2, -0.15) is 0 Å². The highest BCUT2D eigenvalue weighted by Crippen LogP contribution is 2.26. The monoisotopic (exact) mass is 226 g/mol. The number of aliphatic hydroxyl groups is 1. The predicted octanol–water partition coefficient (Wildman–Crippen LogP) is 0.119. The first kappa shape index (κ1) is 11.9. The fourth-order valence-corrected chi connectivity index (χ4v) is 2.90. The van der Waals surface area contributed by atoms with Gasteiger partial charge in [0, 0.05) is 25.1 Å². The molecule has 1 saturated heterocycles. The fourth-order valence-electron chi connectivity index (χ4n) is 2.90. The van der Waals surface area contributed by atoms with Gasteiger partial charge in [0.15, 0.2) is 0 Å². The molecule has 16 heavy (non-hydrogen) atoms. The van der Waals surface area contributed by atoms with E-state index in [1.54, 1.807) is 0 Å². The van der Waals surface area contributed by atoms with Crippen molar-refractivity contribution in [2.75, 3.05) is 19.7 Å². The summed E-state index contributed by atoms with van der Waals surface area (Å²) < 4.78 is 0. The van der Waals surface area contributed by atoms with E-state index in [2.05, 4.69) is 17.6 Å². The molecule has 1 saturated carbocycles. The van der Waals surface area contributed by atoms with E-state index in [9.17, 15) is 9.90 Å². The van der Waals surface area contributed by atoms with Crippen LogP contribution in [0.15, 0.2) is 0 Å². The van der Waals surface area contributed by atoms with Gasteiger partial charge in [0.25, 0.3) is 0 Å². The van der Waals surface area contributed by atoms with Gasteiger partial charge >= 0.3 is 0 Å². The first-order valence-corrected chi connectivity index (χ1v) is 6.34. The molecule has 0 aromatic carbocycles. The van der Waals surface area contributed by atoms with Crippen molar-refractivity contribution in [1.82, 2.24) is 10.6 Å². The van der Waals surface area contributed by atoms with Crippen LogP contribution in [-0.2, 0) is 4.79 Å². The lowest BCUT2D eigenvalue weighted by Gasteiger charge is -2.22. The van der Waals surface area contributed by atoms with Crippen LogP contribution in [0.1, 0.15) is 26.2 Å². The minimum absolute atomic E-state index is 0.111. The first-order valence-electron chi connectivity index (χ1n) is 6.34. The molecule has 2 unspecified atom stereocenters. The van der Waals surface area contributed by atoms with Crippen LogP contribution in [0.2, 0.25) is 0 Å². The number of amides is 1. The third-order valence-electron chi connectivity index (χ3n) is 4.08. The quantitative estimate of drug-likeness (QED) is 0.640. The highest BCUT2D eigenvalue weighted by Gasteiger charge is 2.33. The second-order valence-corrected chi connectivity index (χ2v) is 5.23. The number of carbonyl (C=O) groups excluding carboxylic acids is 1. The van der Waals surface area contributed by atoms with E-state index in [-0.39, 0.29) is 30.4 Å². The summed E-state index contributed by atoms with van der Waals surface area (Å²) in [5.74, 6) is 0.977. The molecule has 1 amide bonds. The van der Waals surface area contributed by atoms with Crippen molar-refractivity contribution in [2.24, 2.45) is 17.8 Å². The van der Waals surface area contributed by atoms with E-state index in [1.807, 2.05) is 0 Å². The molecule has 0 spiro atoms. The normalized spacial score (nSPS) is 38.9. The molecule has 2 fully saturated rings. The van der Waals surface area contributed by atoms with Crippen molar-refractivity contribution < 1.29 is 9.90 Å². The van der Waals surface area contributed by atoms with Crippen LogP contribution < -0.4 is 10.6 Å². The molecular formula is C12H22N2O2. The van der Waals surface area contributed by atoms with E-state index in [0.717, 1.165) is 32.4 Å². The van der Waals surface area contributed by atoms with Crippen LogP contribution in [-0.4, -0.2) is 36.8 Å². The molecule has 2 rings (SSSR count). The van der Waals surface area contributed by atoms with Gasteiger partial charge < -0.3 is 15.7 Å². The minimum Gasteiger partial charge on any atom is -0.396 e. The maximum absolute atomic E-state index is 12.0. The number of nitrogens with one attached hydrogen (secondary N) is 2. The summed E-state index contributed by atoms with van der Waals surface area (Å²) in [6, 6.07) is 0.199. The molecule has 0 aromatic rings. The van der Waals surface area contributed by atoms with Crippen molar-refractivity contribution in [2.45, 2.75) is 32.2 Å². The minimum atomic E-state index is 0.111. The Bertz CT molecular complexity index is 257. The summed E-state index contributed by atoms with van der Waals surface area (Å²) in [5, 5.41) is 15.6. The summed E-state index contributed by atoms with van der Waals surface area (Å²) in [6.07, 6.45) is 3.18. The second kappa shape index (κ2) is 5.15. The maximum atomic E-state index is 12.0. The second-order valence-electron chi connectivity index (χ2n) is 5.23. The highest BCUT2D eigenvalue weighted by molar-refractivity contribution is 5.79. The average Bonchev–Trinajstić information content (AvgIpc) is 2.86. The Morgan fingerprint density at radius 2 is 2.25 bits per heavy atom. The molecular weight excluding hydrogens is 204 g/mol. The van der Waals surface area contributed by atoms with Gasteiger partial charge in [-0.05, 0) is 25.3 Å². The lowest BCUT2D eigenvalue weighted by atomic mass is 9.96. The van der Waals surface area contributed by atoms with Crippen LogP contribution in [0.4, 0.5) is 0 Å². The molecule has 0 radical (unpaired) electrons. The van der Waals surface area contributed by atoms with Gasteiger partial charge in [0.2, 0.25) is 5.91 Å². The summed E-state index contributed by atoms with van der Waals surface area (Å²) in [6.45, 7) is 4.04. The van der Waals surface area contributed by atoms with Crippen LogP contribution in [0.25, 0.3) is 0 Å². The number of aliphatic hydroxyl groups excluding tert-OH is 1. The Kier molecular flexibility index (Phi) is 3.82. The van der Waals surface area contributed by atoms with Crippen LogP contribution in [0.5, 0.6) is 0 Å². The third kappa shape index (κ3) is 2.38. The van der Waals surface area contributed by atoms with Gasteiger partial charge in [-0.25, -0.2) is 0 Å². The molecule has 1 aliphatic carbocycles. The average molecular weight is 226 g/mol.